The lowest BCUT2D eigenvalue weighted by Crippen LogP contribution is -2.03. The molecular formula is C23H17BrClNO2. The van der Waals surface area contributed by atoms with Crippen molar-refractivity contribution in [2.75, 3.05) is 0 Å². The van der Waals surface area contributed by atoms with E-state index in [9.17, 15) is 4.79 Å². The number of ether oxygens (including phenoxy) is 1. The number of esters is 1. The molecule has 0 aromatic heterocycles. The molecule has 28 heavy (non-hydrogen) atoms. The van der Waals surface area contributed by atoms with Gasteiger partial charge < -0.3 is 4.74 Å². The zero-order valence-corrected chi connectivity index (χ0v) is 17.4. The van der Waals surface area contributed by atoms with E-state index in [-0.39, 0.29) is 0 Å². The molecule has 0 radical (unpaired) electrons. The van der Waals surface area contributed by atoms with E-state index in [2.05, 4.69) is 20.9 Å². The average molecular weight is 455 g/mol. The first kappa shape index (κ1) is 20.1. The summed E-state index contributed by atoms with van der Waals surface area (Å²) in [5.74, 6) is 0.0421. The predicted molar refractivity (Wildman–Crippen MR) is 119 cm³/mol. The van der Waals surface area contributed by atoms with Crippen LogP contribution in [0.3, 0.4) is 0 Å². The maximum atomic E-state index is 12.0. The van der Waals surface area contributed by atoms with Crippen LogP contribution >= 0.6 is 27.5 Å². The van der Waals surface area contributed by atoms with Crippen LogP contribution in [0.5, 0.6) is 5.75 Å². The fourth-order valence-electron chi connectivity index (χ4n) is 2.39. The summed E-state index contributed by atoms with van der Waals surface area (Å²) in [5.41, 5.74) is 3.57. The third kappa shape index (κ3) is 5.65. The largest absolute Gasteiger partial charge is 0.423 e. The minimum absolute atomic E-state index is 0.432. The molecule has 0 aliphatic carbocycles. The minimum atomic E-state index is -0.432. The van der Waals surface area contributed by atoms with Crippen LogP contribution < -0.4 is 4.74 Å². The Hall–Kier alpha value is -2.69. The molecule has 5 heteroatoms. The number of hydrogen-bond acceptors (Lipinski definition) is 3. The summed E-state index contributed by atoms with van der Waals surface area (Å²) in [6, 6.07) is 20.4. The van der Waals surface area contributed by atoms with Crippen molar-refractivity contribution >= 4 is 51.5 Å². The molecule has 140 valence electrons. The number of aliphatic imine (C=N–C) groups is 1. The first-order valence-corrected chi connectivity index (χ1v) is 9.73. The van der Waals surface area contributed by atoms with Crippen molar-refractivity contribution in [3.8, 4) is 5.75 Å². The van der Waals surface area contributed by atoms with E-state index < -0.39 is 5.97 Å². The summed E-state index contributed by atoms with van der Waals surface area (Å²) in [6.07, 6.45) is 4.86. The van der Waals surface area contributed by atoms with Gasteiger partial charge in [-0.25, -0.2) is 4.79 Å². The summed E-state index contributed by atoms with van der Waals surface area (Å²) < 4.78 is 6.30. The van der Waals surface area contributed by atoms with Crippen molar-refractivity contribution < 1.29 is 9.53 Å². The second kappa shape index (κ2) is 9.49. The first-order chi connectivity index (χ1) is 13.5. The third-order valence-corrected chi connectivity index (χ3v) is 4.91. The van der Waals surface area contributed by atoms with Crippen molar-refractivity contribution in [3.63, 3.8) is 0 Å². The molecule has 3 nitrogen and oxygen atoms in total. The predicted octanol–water partition coefficient (Wildman–Crippen LogP) is 6.78. The Bertz CT molecular complexity index is 1030. The maximum Gasteiger partial charge on any atom is 0.336 e. The van der Waals surface area contributed by atoms with E-state index in [1.54, 1.807) is 24.4 Å². The highest BCUT2D eigenvalue weighted by molar-refractivity contribution is 9.10. The van der Waals surface area contributed by atoms with Gasteiger partial charge in [0.1, 0.15) is 5.75 Å². The topological polar surface area (TPSA) is 38.7 Å². The zero-order chi connectivity index (χ0) is 19.9. The van der Waals surface area contributed by atoms with Crippen LogP contribution in [0.1, 0.15) is 16.7 Å². The van der Waals surface area contributed by atoms with Crippen LogP contribution in [0.2, 0.25) is 5.02 Å². The summed E-state index contributed by atoms with van der Waals surface area (Å²) in [6.45, 7) is 1.93. The number of hydrogen-bond donors (Lipinski definition) is 0. The van der Waals surface area contributed by atoms with Crippen LogP contribution in [0, 0.1) is 6.92 Å². The Kier molecular flexibility index (Phi) is 6.80. The molecule has 3 aromatic carbocycles. The molecule has 0 amide bonds. The van der Waals surface area contributed by atoms with E-state index in [1.807, 2.05) is 61.5 Å². The number of benzene rings is 3. The van der Waals surface area contributed by atoms with Gasteiger partial charge in [0.25, 0.3) is 0 Å². The van der Waals surface area contributed by atoms with Crippen LogP contribution in [-0.4, -0.2) is 12.2 Å². The highest BCUT2D eigenvalue weighted by Gasteiger charge is 2.02. The molecule has 0 saturated heterocycles. The Morgan fingerprint density at radius 2 is 1.68 bits per heavy atom. The van der Waals surface area contributed by atoms with Crippen LogP contribution in [0.25, 0.3) is 6.08 Å². The van der Waals surface area contributed by atoms with Crippen molar-refractivity contribution in [1.29, 1.82) is 0 Å². The van der Waals surface area contributed by atoms with Gasteiger partial charge in [-0.3, -0.25) is 4.99 Å². The summed E-state index contributed by atoms with van der Waals surface area (Å²) >= 11 is 9.48. The van der Waals surface area contributed by atoms with Crippen molar-refractivity contribution in [3.05, 3.63) is 99.0 Å². The molecule has 0 fully saturated rings. The number of rotatable bonds is 5. The molecule has 3 aromatic rings. The van der Waals surface area contributed by atoms with Gasteiger partial charge in [0.15, 0.2) is 0 Å². The number of nitrogens with zero attached hydrogens (tertiary/aromatic N) is 1. The highest BCUT2D eigenvalue weighted by Crippen LogP contribution is 2.25. The van der Waals surface area contributed by atoms with E-state index >= 15 is 0 Å². The Morgan fingerprint density at radius 1 is 1.00 bits per heavy atom. The average Bonchev–Trinajstić information content (AvgIpc) is 2.70. The standard InChI is InChI=1S/C23H17BrClNO2/c1-16-21(25)3-2-4-22(16)26-15-18-7-12-20(13-8-18)28-23(27)14-9-17-5-10-19(24)11-6-17/h2-15H,1H3. The molecule has 0 unspecified atom stereocenters. The van der Waals surface area contributed by atoms with E-state index in [4.69, 9.17) is 16.3 Å². The van der Waals surface area contributed by atoms with Crippen molar-refractivity contribution in [2.24, 2.45) is 4.99 Å². The minimum Gasteiger partial charge on any atom is -0.423 e. The summed E-state index contributed by atoms with van der Waals surface area (Å²) in [4.78, 5) is 16.4. The third-order valence-electron chi connectivity index (χ3n) is 3.97. The van der Waals surface area contributed by atoms with Crippen LogP contribution in [0.15, 0.2) is 82.3 Å². The SMILES string of the molecule is Cc1c(Cl)cccc1N=Cc1ccc(OC(=O)C=Cc2ccc(Br)cc2)cc1. The quantitative estimate of drug-likeness (QED) is 0.184. The van der Waals surface area contributed by atoms with Gasteiger partial charge in [0, 0.05) is 21.8 Å². The van der Waals surface area contributed by atoms with Gasteiger partial charge >= 0.3 is 5.97 Å². The lowest BCUT2D eigenvalue weighted by Gasteiger charge is -2.03. The number of carbonyl (C=O) groups is 1. The first-order valence-electron chi connectivity index (χ1n) is 8.56. The van der Waals surface area contributed by atoms with E-state index in [0.717, 1.165) is 26.9 Å². The molecule has 0 bridgehead atoms. The van der Waals surface area contributed by atoms with Gasteiger partial charge in [-0.05, 0) is 78.2 Å². The molecule has 0 atom stereocenters. The highest BCUT2D eigenvalue weighted by atomic mass is 79.9. The van der Waals surface area contributed by atoms with Gasteiger partial charge in [-0.15, -0.1) is 0 Å². The number of carbonyl (C=O) groups excluding carboxylic acids is 1. The Labute approximate surface area is 177 Å². The lowest BCUT2D eigenvalue weighted by molar-refractivity contribution is -0.128. The zero-order valence-electron chi connectivity index (χ0n) is 15.1. The summed E-state index contributed by atoms with van der Waals surface area (Å²) in [5, 5.41) is 0.688. The molecular weight excluding hydrogens is 438 g/mol. The fourth-order valence-corrected chi connectivity index (χ4v) is 2.82. The molecule has 0 N–H and O–H groups in total. The van der Waals surface area contributed by atoms with Crippen LogP contribution in [-0.2, 0) is 4.79 Å². The molecule has 3 rings (SSSR count). The van der Waals surface area contributed by atoms with Gasteiger partial charge in [-0.1, -0.05) is 45.7 Å². The smallest absolute Gasteiger partial charge is 0.336 e. The fraction of sp³-hybridized carbons (Fsp3) is 0.0435. The molecule has 0 saturated carbocycles. The van der Waals surface area contributed by atoms with E-state index in [0.29, 0.717) is 10.8 Å². The maximum absolute atomic E-state index is 12.0. The summed E-state index contributed by atoms with van der Waals surface area (Å²) in [7, 11) is 0. The Balaban J connectivity index is 1.61. The normalized spacial score (nSPS) is 11.2. The molecule has 0 aliphatic heterocycles. The second-order valence-electron chi connectivity index (χ2n) is 6.02. The monoisotopic (exact) mass is 453 g/mol. The number of halogens is 2. The second-order valence-corrected chi connectivity index (χ2v) is 7.34. The van der Waals surface area contributed by atoms with Gasteiger partial charge in [0.2, 0.25) is 0 Å². The van der Waals surface area contributed by atoms with Gasteiger partial charge in [0.05, 0.1) is 5.69 Å². The van der Waals surface area contributed by atoms with Crippen molar-refractivity contribution in [1.82, 2.24) is 0 Å². The van der Waals surface area contributed by atoms with Crippen LogP contribution in [0.4, 0.5) is 5.69 Å². The molecule has 0 heterocycles. The molecule has 0 spiro atoms. The van der Waals surface area contributed by atoms with Crippen molar-refractivity contribution in [2.45, 2.75) is 6.92 Å². The van der Waals surface area contributed by atoms with Gasteiger partial charge in [-0.2, -0.15) is 0 Å². The Morgan fingerprint density at radius 3 is 2.39 bits per heavy atom. The lowest BCUT2D eigenvalue weighted by atomic mass is 10.2. The van der Waals surface area contributed by atoms with E-state index in [1.165, 1.54) is 6.08 Å². The molecule has 0 aliphatic rings.